The van der Waals surface area contributed by atoms with Crippen molar-refractivity contribution in [2.75, 3.05) is 21.3 Å². The number of non-ortho nitro benzene ring substituents is 1. The molecule has 2 aromatic rings. The highest BCUT2D eigenvalue weighted by atomic mass is 32.2. The molecule has 0 unspecified atom stereocenters. The molecule has 8 nitrogen and oxygen atoms in total. The lowest BCUT2D eigenvalue weighted by Gasteiger charge is -2.22. The highest BCUT2D eigenvalue weighted by molar-refractivity contribution is 7.91. The molecule has 2 aromatic carbocycles. The van der Waals surface area contributed by atoms with Crippen molar-refractivity contribution in [3.05, 3.63) is 64.7 Å². The summed E-state index contributed by atoms with van der Waals surface area (Å²) in [6, 6.07) is 13.1. The van der Waals surface area contributed by atoms with Crippen LogP contribution in [0.4, 0.5) is 21.9 Å². The van der Waals surface area contributed by atoms with Gasteiger partial charge in [0.15, 0.2) is 9.84 Å². The second kappa shape index (κ2) is 5.80. The summed E-state index contributed by atoms with van der Waals surface area (Å²) < 4.78 is 24.4. The Bertz CT molecular complexity index is 992. The molecule has 0 radical (unpaired) electrons. The monoisotopic (exact) mass is 373 g/mol. The van der Waals surface area contributed by atoms with Gasteiger partial charge in [-0.1, -0.05) is 24.3 Å². The first-order chi connectivity index (χ1) is 12.4. The molecule has 2 heterocycles. The quantitative estimate of drug-likeness (QED) is 0.466. The fraction of sp³-hybridized carbons (Fsp3) is 0.235. The summed E-state index contributed by atoms with van der Waals surface area (Å²) in [7, 11) is -3.31. The van der Waals surface area contributed by atoms with E-state index in [2.05, 4.69) is 0 Å². The van der Waals surface area contributed by atoms with Gasteiger partial charge in [-0.05, 0) is 18.2 Å². The first-order valence-corrected chi connectivity index (χ1v) is 9.82. The van der Waals surface area contributed by atoms with E-state index in [9.17, 15) is 23.3 Å². The third-order valence-corrected chi connectivity index (χ3v) is 6.42. The van der Waals surface area contributed by atoms with Gasteiger partial charge in [-0.2, -0.15) is 0 Å². The van der Waals surface area contributed by atoms with Gasteiger partial charge in [-0.3, -0.25) is 19.9 Å². The Morgan fingerprint density at radius 3 is 2.12 bits per heavy atom. The molecular weight excluding hydrogens is 358 g/mol. The molecule has 0 aliphatic carbocycles. The summed E-state index contributed by atoms with van der Waals surface area (Å²) in [6.45, 7) is 0. The van der Waals surface area contributed by atoms with Crippen LogP contribution >= 0.6 is 0 Å². The van der Waals surface area contributed by atoms with Crippen molar-refractivity contribution in [3.63, 3.8) is 0 Å². The Morgan fingerprint density at radius 1 is 0.923 bits per heavy atom. The lowest BCUT2D eigenvalue weighted by Crippen LogP contribution is -2.37. The number of fused-ring (bicyclic) bond motifs is 1. The van der Waals surface area contributed by atoms with Gasteiger partial charge >= 0.3 is 6.03 Å². The van der Waals surface area contributed by atoms with Crippen molar-refractivity contribution in [2.24, 2.45) is 0 Å². The lowest BCUT2D eigenvalue weighted by atomic mass is 10.1. The fourth-order valence-electron chi connectivity index (χ4n) is 3.65. The van der Waals surface area contributed by atoms with E-state index in [0.717, 1.165) is 0 Å². The zero-order chi connectivity index (χ0) is 18.5. The van der Waals surface area contributed by atoms with Crippen LogP contribution in [0.15, 0.2) is 54.6 Å². The predicted molar refractivity (Wildman–Crippen MR) is 96.1 cm³/mol. The van der Waals surface area contributed by atoms with Crippen molar-refractivity contribution >= 4 is 32.9 Å². The van der Waals surface area contributed by atoms with Crippen LogP contribution in [0, 0.1) is 10.1 Å². The first-order valence-electron chi connectivity index (χ1n) is 8.00. The number of para-hydroxylation sites is 1. The molecule has 2 aliphatic heterocycles. The van der Waals surface area contributed by atoms with E-state index in [1.807, 2.05) is 6.07 Å². The minimum atomic E-state index is -3.31. The highest BCUT2D eigenvalue weighted by Crippen LogP contribution is 2.38. The van der Waals surface area contributed by atoms with E-state index < -0.39 is 26.8 Å². The maximum absolute atomic E-state index is 13.1. The molecule has 2 amide bonds. The number of rotatable bonds is 3. The highest BCUT2D eigenvalue weighted by Gasteiger charge is 2.54. The number of carbonyl (C=O) groups is 1. The van der Waals surface area contributed by atoms with Crippen LogP contribution < -0.4 is 9.80 Å². The van der Waals surface area contributed by atoms with Gasteiger partial charge in [0, 0.05) is 17.8 Å². The number of hydrogen-bond donors (Lipinski definition) is 0. The molecule has 26 heavy (non-hydrogen) atoms. The molecule has 0 N–H and O–H groups in total. The SMILES string of the molecule is O=C1N(c2cccc([N+](=O)[O-])c2)[C@@H]2CS(=O)(=O)C[C@@H]2N1c1ccccc1. The normalized spacial score (nSPS) is 23.9. The molecule has 4 rings (SSSR count). The Morgan fingerprint density at radius 2 is 1.50 bits per heavy atom. The van der Waals surface area contributed by atoms with Gasteiger partial charge in [0.2, 0.25) is 0 Å². The summed E-state index contributed by atoms with van der Waals surface area (Å²) in [5.41, 5.74) is 0.790. The molecule has 2 aliphatic rings. The number of amides is 2. The molecule has 2 saturated heterocycles. The summed E-state index contributed by atoms with van der Waals surface area (Å²) >= 11 is 0. The van der Waals surface area contributed by atoms with E-state index in [1.54, 1.807) is 30.3 Å². The van der Waals surface area contributed by atoms with E-state index in [1.165, 1.54) is 28.0 Å². The van der Waals surface area contributed by atoms with Gasteiger partial charge in [0.05, 0.1) is 34.2 Å². The van der Waals surface area contributed by atoms with Crippen LogP contribution in [0.1, 0.15) is 0 Å². The molecular formula is C17H15N3O5S. The number of anilines is 2. The maximum atomic E-state index is 13.1. The molecule has 2 fully saturated rings. The van der Waals surface area contributed by atoms with Crippen LogP contribution in [-0.4, -0.2) is 43.0 Å². The second-order valence-electron chi connectivity index (χ2n) is 6.35. The Hall–Kier alpha value is -2.94. The molecule has 0 bridgehead atoms. The molecule has 134 valence electrons. The smallest absolute Gasteiger partial charge is 0.288 e. The van der Waals surface area contributed by atoms with E-state index in [4.69, 9.17) is 0 Å². The van der Waals surface area contributed by atoms with Gasteiger partial charge in [-0.15, -0.1) is 0 Å². The van der Waals surface area contributed by atoms with Crippen molar-refractivity contribution in [3.8, 4) is 0 Å². The molecule has 0 aromatic heterocycles. The van der Waals surface area contributed by atoms with Crippen LogP contribution in [-0.2, 0) is 9.84 Å². The third-order valence-electron chi connectivity index (χ3n) is 4.72. The van der Waals surface area contributed by atoms with Crippen molar-refractivity contribution in [1.82, 2.24) is 0 Å². The summed E-state index contributed by atoms with van der Waals surface area (Å²) in [5.74, 6) is -0.279. The first kappa shape index (κ1) is 16.5. The van der Waals surface area contributed by atoms with Crippen molar-refractivity contribution < 1.29 is 18.1 Å². The van der Waals surface area contributed by atoms with Crippen LogP contribution in [0.2, 0.25) is 0 Å². The Balaban J connectivity index is 1.81. The number of urea groups is 1. The van der Waals surface area contributed by atoms with E-state index >= 15 is 0 Å². The van der Waals surface area contributed by atoms with Crippen molar-refractivity contribution in [1.29, 1.82) is 0 Å². The van der Waals surface area contributed by atoms with Crippen LogP contribution in [0.25, 0.3) is 0 Å². The summed E-state index contributed by atoms with van der Waals surface area (Å²) in [6.07, 6.45) is 0. The second-order valence-corrected chi connectivity index (χ2v) is 8.50. The maximum Gasteiger partial charge on any atom is 0.329 e. The summed E-state index contributed by atoms with van der Waals surface area (Å²) in [4.78, 5) is 26.5. The standard InChI is InChI=1S/C17H15N3O5S/c21-17-18(12-5-2-1-3-6-12)15-10-26(24,25)11-16(15)19(17)13-7-4-8-14(9-13)20(22)23/h1-9,15-16H,10-11H2/t15-,16+/m0/s1. The number of carbonyl (C=O) groups excluding carboxylic acids is 1. The predicted octanol–water partition coefficient (Wildman–Crippen LogP) is 2.21. The Labute approximate surface area is 149 Å². The van der Waals surface area contributed by atoms with Gasteiger partial charge in [0.1, 0.15) is 0 Å². The molecule has 0 saturated carbocycles. The van der Waals surface area contributed by atoms with Crippen LogP contribution in [0.5, 0.6) is 0 Å². The van der Waals surface area contributed by atoms with E-state index in [-0.39, 0.29) is 23.2 Å². The number of benzene rings is 2. The zero-order valence-corrected chi connectivity index (χ0v) is 14.4. The largest absolute Gasteiger partial charge is 0.329 e. The van der Waals surface area contributed by atoms with Gasteiger partial charge in [0.25, 0.3) is 5.69 Å². The average molecular weight is 373 g/mol. The molecule has 2 atom stereocenters. The minimum Gasteiger partial charge on any atom is -0.288 e. The van der Waals surface area contributed by atoms with Gasteiger partial charge < -0.3 is 0 Å². The average Bonchev–Trinajstić information content (AvgIpc) is 3.04. The third kappa shape index (κ3) is 2.60. The van der Waals surface area contributed by atoms with Crippen molar-refractivity contribution in [2.45, 2.75) is 12.1 Å². The number of hydrogen-bond acceptors (Lipinski definition) is 5. The minimum absolute atomic E-state index is 0.121. The fourth-order valence-corrected chi connectivity index (χ4v) is 5.57. The molecule has 9 heteroatoms. The number of nitro groups is 1. The van der Waals surface area contributed by atoms with Crippen LogP contribution in [0.3, 0.4) is 0 Å². The Kier molecular flexibility index (Phi) is 3.69. The number of nitro benzene ring substituents is 1. The number of nitrogens with zero attached hydrogens (tertiary/aromatic N) is 3. The topological polar surface area (TPSA) is 101 Å². The zero-order valence-electron chi connectivity index (χ0n) is 13.6. The van der Waals surface area contributed by atoms with E-state index in [0.29, 0.717) is 11.4 Å². The lowest BCUT2D eigenvalue weighted by molar-refractivity contribution is -0.384. The number of sulfone groups is 1. The van der Waals surface area contributed by atoms with Gasteiger partial charge in [-0.25, -0.2) is 13.2 Å². The summed E-state index contributed by atoms with van der Waals surface area (Å²) in [5, 5.41) is 11.1. The molecule has 0 spiro atoms.